The molecule has 0 spiro atoms. The van der Waals surface area contributed by atoms with Gasteiger partial charge in [-0.1, -0.05) is 42.4 Å². The van der Waals surface area contributed by atoms with Crippen LogP contribution >= 0.6 is 11.6 Å². The minimum Gasteiger partial charge on any atom is -0.337 e. The number of alkyl halides is 6. The third-order valence-electron chi connectivity index (χ3n) is 5.65. The molecule has 0 fully saturated rings. The first kappa shape index (κ1) is 31.7. The predicted molar refractivity (Wildman–Crippen MR) is 147 cm³/mol. The summed E-state index contributed by atoms with van der Waals surface area (Å²) in [7, 11) is 0. The zero-order valence-corrected chi connectivity index (χ0v) is 22.6. The Labute approximate surface area is 248 Å². The van der Waals surface area contributed by atoms with E-state index in [9.17, 15) is 40.3 Å². The molecule has 0 aliphatic heterocycles. The monoisotopic (exact) mass is 639 g/mol. The molecule has 0 saturated heterocycles. The summed E-state index contributed by atoms with van der Waals surface area (Å²) in [6.45, 7) is 3.14. The summed E-state index contributed by atoms with van der Waals surface area (Å²) in [5.74, 6) is -5.30. The molecule has 0 aliphatic rings. The Kier molecular flexibility index (Phi) is 9.08. The molecule has 1 amide bonds. The number of rotatable bonds is 7. The second-order valence-electron chi connectivity index (χ2n) is 8.64. The zero-order chi connectivity index (χ0) is 32.2. The van der Waals surface area contributed by atoms with Crippen molar-refractivity contribution in [2.24, 2.45) is 0 Å². The number of amides is 1. The number of nitrogens with zero attached hydrogens (tertiary/aromatic N) is 3. The summed E-state index contributed by atoms with van der Waals surface area (Å²) >= 11 is 6.17. The molecule has 0 bridgehead atoms. The van der Waals surface area contributed by atoms with Crippen molar-refractivity contribution >= 4 is 52.3 Å². The van der Waals surface area contributed by atoms with E-state index in [2.05, 4.69) is 32.0 Å². The van der Waals surface area contributed by atoms with Gasteiger partial charge >= 0.3 is 18.3 Å². The van der Waals surface area contributed by atoms with Crippen LogP contribution < -0.4 is 15.7 Å². The molecule has 4 rings (SSSR count). The Bertz CT molecular complexity index is 1710. The van der Waals surface area contributed by atoms with Gasteiger partial charge in [-0.25, -0.2) is 14.2 Å². The van der Waals surface area contributed by atoms with Crippen LogP contribution in [0, 0.1) is 5.82 Å². The van der Waals surface area contributed by atoms with Crippen LogP contribution in [0.4, 0.5) is 59.6 Å². The number of nitrogens with one attached hydrogen (secondary N) is 2. The highest BCUT2D eigenvalue weighted by atomic mass is 35.5. The van der Waals surface area contributed by atoms with Crippen molar-refractivity contribution < 1.29 is 45.2 Å². The fourth-order valence-corrected chi connectivity index (χ4v) is 3.76. The highest BCUT2D eigenvalue weighted by Crippen LogP contribution is 2.35. The van der Waals surface area contributed by atoms with Crippen LogP contribution in [0.2, 0.25) is 5.02 Å². The van der Waals surface area contributed by atoms with E-state index in [1.807, 2.05) is 0 Å². The van der Waals surface area contributed by atoms with Gasteiger partial charge in [0.05, 0.1) is 27.6 Å². The molecule has 1 aromatic heterocycles. The van der Waals surface area contributed by atoms with Crippen molar-refractivity contribution in [1.29, 1.82) is 0 Å². The molecule has 0 aliphatic carbocycles. The van der Waals surface area contributed by atoms with Gasteiger partial charge in [-0.2, -0.15) is 31.3 Å². The maximum atomic E-state index is 15.0. The lowest BCUT2D eigenvalue weighted by molar-refractivity contribution is -0.201. The van der Waals surface area contributed by atoms with E-state index in [4.69, 9.17) is 11.6 Å². The molecule has 0 radical (unpaired) electrons. The highest BCUT2D eigenvalue weighted by molar-refractivity contribution is 6.33. The van der Waals surface area contributed by atoms with Crippen LogP contribution in [0.25, 0.3) is 11.1 Å². The molecule has 3 aromatic carbocycles. The second kappa shape index (κ2) is 12.6. The predicted octanol–water partition coefficient (Wildman–Crippen LogP) is 7.98. The van der Waals surface area contributed by atoms with Crippen molar-refractivity contribution in [2.75, 3.05) is 15.7 Å². The third-order valence-corrected chi connectivity index (χ3v) is 5.98. The number of halogens is 8. The first-order valence-corrected chi connectivity index (χ1v) is 12.4. The van der Waals surface area contributed by atoms with Gasteiger partial charge in [-0.3, -0.25) is 4.79 Å². The number of carbonyl (C=O) groups excluding carboxylic acids is 2. The summed E-state index contributed by atoms with van der Waals surface area (Å²) in [6, 6.07) is 12.8. The summed E-state index contributed by atoms with van der Waals surface area (Å²) in [5, 5.41) is 5.70. The van der Waals surface area contributed by atoms with Crippen molar-refractivity contribution in [3.63, 3.8) is 0 Å². The normalized spacial score (nSPS) is 11.5. The lowest BCUT2D eigenvalue weighted by atomic mass is 10.1. The molecular formula is C28H17ClF7N5O3. The molecule has 4 aromatic rings. The fourth-order valence-electron chi connectivity index (χ4n) is 3.58. The summed E-state index contributed by atoms with van der Waals surface area (Å²) in [4.78, 5) is 36.3. The minimum absolute atomic E-state index is 0.0470. The molecule has 228 valence electrons. The number of carbonyl (C=O) groups is 2. The number of hydroxylamine groups is 1. The van der Waals surface area contributed by atoms with Gasteiger partial charge in [-0.05, 0) is 54.1 Å². The van der Waals surface area contributed by atoms with E-state index in [-0.39, 0.29) is 33.0 Å². The third kappa shape index (κ3) is 7.42. The van der Waals surface area contributed by atoms with E-state index in [1.165, 1.54) is 6.20 Å². The van der Waals surface area contributed by atoms with Gasteiger partial charge < -0.3 is 15.5 Å². The summed E-state index contributed by atoms with van der Waals surface area (Å²) in [6.07, 6.45) is -8.31. The van der Waals surface area contributed by atoms with Crippen LogP contribution in [-0.4, -0.2) is 28.0 Å². The Morgan fingerprint density at radius 2 is 1.61 bits per heavy atom. The highest BCUT2D eigenvalue weighted by Gasteiger charge is 2.43. The average Bonchev–Trinajstić information content (AvgIpc) is 2.97. The molecule has 0 saturated carbocycles. The van der Waals surface area contributed by atoms with E-state index in [1.54, 1.807) is 24.3 Å². The van der Waals surface area contributed by atoms with Crippen molar-refractivity contribution in [3.8, 4) is 11.1 Å². The molecular weight excluding hydrogens is 623 g/mol. The summed E-state index contributed by atoms with van der Waals surface area (Å²) in [5.41, 5.74) is -1.31. The summed E-state index contributed by atoms with van der Waals surface area (Å²) < 4.78 is 92.9. The molecule has 1 heterocycles. The van der Waals surface area contributed by atoms with Crippen molar-refractivity contribution in [3.05, 3.63) is 102 Å². The van der Waals surface area contributed by atoms with E-state index < -0.39 is 47.0 Å². The van der Waals surface area contributed by atoms with E-state index >= 15 is 0 Å². The molecule has 0 atom stereocenters. The Morgan fingerprint density at radius 1 is 0.932 bits per heavy atom. The van der Waals surface area contributed by atoms with Crippen LogP contribution in [0.1, 0.15) is 5.56 Å². The quantitative estimate of drug-likeness (QED) is 0.120. The van der Waals surface area contributed by atoms with Gasteiger partial charge in [0.2, 0.25) is 5.95 Å². The minimum atomic E-state index is -5.47. The fraction of sp³-hybridized carbons (Fsp3) is 0.0714. The number of para-hydroxylation sites is 1. The number of hydrogen-bond acceptors (Lipinski definition) is 7. The number of anilines is 5. The molecule has 44 heavy (non-hydrogen) atoms. The maximum absolute atomic E-state index is 15.0. The average molecular weight is 640 g/mol. The Hall–Kier alpha value is -5.18. The van der Waals surface area contributed by atoms with Gasteiger partial charge in [0, 0.05) is 11.8 Å². The first-order chi connectivity index (χ1) is 20.7. The lowest BCUT2D eigenvalue weighted by Crippen LogP contribution is -2.38. The smallest absolute Gasteiger partial charge is 0.337 e. The van der Waals surface area contributed by atoms with Gasteiger partial charge in [-0.15, -0.1) is 5.06 Å². The zero-order valence-electron chi connectivity index (χ0n) is 21.8. The van der Waals surface area contributed by atoms with Crippen LogP contribution in [0.3, 0.4) is 0 Å². The van der Waals surface area contributed by atoms with Crippen LogP contribution in [0.5, 0.6) is 0 Å². The molecule has 8 nitrogen and oxygen atoms in total. The van der Waals surface area contributed by atoms with E-state index in [0.717, 1.165) is 42.5 Å². The molecule has 2 N–H and O–H groups in total. The van der Waals surface area contributed by atoms with Crippen LogP contribution in [0.15, 0.2) is 85.6 Å². The van der Waals surface area contributed by atoms with E-state index in [0.29, 0.717) is 11.8 Å². The first-order valence-electron chi connectivity index (χ1n) is 12.1. The molecule has 0 unspecified atom stereocenters. The SMILES string of the molecule is C=CC(=O)N(OC(=O)C(F)(F)F)c1ccc(F)c(Nc2nc(Nc3ccccc3Cl)ncc2-c2ccc(C(F)(F)F)cc2)c1. The number of hydrogen-bond donors (Lipinski definition) is 2. The Balaban J connectivity index is 1.78. The largest absolute Gasteiger partial charge is 0.493 e. The lowest BCUT2D eigenvalue weighted by Gasteiger charge is -2.21. The standard InChI is InChI=1S/C28H17ClF7N5O3/c1-2-23(42)41(44-25(43)28(34,35)36)17-11-12-20(30)22(13-17)38-24-18(15-7-9-16(10-8-15)27(31,32)33)14-37-26(40-24)39-21-6-4-3-5-19(21)29/h2-14H,1H2,(H2,37,38,39,40). The molecule has 16 heteroatoms. The van der Waals surface area contributed by atoms with Gasteiger partial charge in [0.1, 0.15) is 11.6 Å². The van der Waals surface area contributed by atoms with Crippen molar-refractivity contribution in [2.45, 2.75) is 12.4 Å². The topological polar surface area (TPSA) is 96.5 Å². The number of benzene rings is 3. The maximum Gasteiger partial charge on any atom is 0.493 e. The van der Waals surface area contributed by atoms with Crippen LogP contribution in [-0.2, 0) is 20.6 Å². The number of aromatic nitrogens is 2. The van der Waals surface area contributed by atoms with Crippen molar-refractivity contribution in [1.82, 2.24) is 9.97 Å². The Morgan fingerprint density at radius 3 is 2.23 bits per heavy atom. The van der Waals surface area contributed by atoms with Gasteiger partial charge in [0.15, 0.2) is 0 Å². The second-order valence-corrected chi connectivity index (χ2v) is 9.05. The van der Waals surface area contributed by atoms with Gasteiger partial charge in [0.25, 0.3) is 5.91 Å².